The number of carbonyl (C=O) groups excluding carboxylic acids is 1. The van der Waals surface area contributed by atoms with E-state index < -0.39 is 0 Å². The van der Waals surface area contributed by atoms with Crippen LogP contribution in [-0.4, -0.2) is 39.7 Å². The highest BCUT2D eigenvalue weighted by Crippen LogP contribution is 2.25. The zero-order chi connectivity index (χ0) is 20.6. The van der Waals surface area contributed by atoms with Gasteiger partial charge in [0.15, 0.2) is 11.0 Å². The summed E-state index contributed by atoms with van der Waals surface area (Å²) < 4.78 is 7.18. The maximum Gasteiger partial charge on any atom is 0.250 e. The number of benzene rings is 2. The zero-order valence-electron chi connectivity index (χ0n) is 16.6. The zero-order valence-corrected chi connectivity index (χ0v) is 17.4. The number of hydrogen-bond acceptors (Lipinski definition) is 6. The van der Waals surface area contributed by atoms with Gasteiger partial charge in [-0.3, -0.25) is 4.79 Å². The molecule has 8 heteroatoms. The average Bonchev–Trinajstić information content (AvgIpc) is 3.16. The number of thioether (sulfide) groups is 1. The Bertz CT molecular complexity index is 981. The molecule has 0 fully saturated rings. The van der Waals surface area contributed by atoms with Gasteiger partial charge in [0.05, 0.1) is 19.1 Å². The summed E-state index contributed by atoms with van der Waals surface area (Å²) in [5.74, 6) is 1.55. The molecule has 0 atom stereocenters. The Balaban J connectivity index is 1.59. The predicted molar refractivity (Wildman–Crippen MR) is 115 cm³/mol. The van der Waals surface area contributed by atoms with Crippen LogP contribution in [0.4, 0.5) is 0 Å². The number of methoxy groups -OCH3 is 1. The third-order valence-corrected chi connectivity index (χ3v) is 5.16. The van der Waals surface area contributed by atoms with Crippen LogP contribution in [-0.2, 0) is 11.3 Å². The van der Waals surface area contributed by atoms with Gasteiger partial charge in [0, 0.05) is 12.1 Å². The summed E-state index contributed by atoms with van der Waals surface area (Å²) in [5.41, 5.74) is 5.59. The third kappa shape index (κ3) is 5.45. The summed E-state index contributed by atoms with van der Waals surface area (Å²) in [5, 5.41) is 13.2. The van der Waals surface area contributed by atoms with Gasteiger partial charge in [-0.25, -0.2) is 5.43 Å². The van der Waals surface area contributed by atoms with Crippen molar-refractivity contribution in [3.05, 3.63) is 59.7 Å². The highest BCUT2D eigenvalue weighted by atomic mass is 32.2. The highest BCUT2D eigenvalue weighted by Gasteiger charge is 2.14. The van der Waals surface area contributed by atoms with Gasteiger partial charge < -0.3 is 9.30 Å². The van der Waals surface area contributed by atoms with E-state index in [1.54, 1.807) is 13.3 Å². The molecule has 1 aromatic heterocycles. The van der Waals surface area contributed by atoms with Crippen molar-refractivity contribution in [1.82, 2.24) is 20.2 Å². The molecule has 1 N–H and O–H groups in total. The molecule has 0 bridgehead atoms. The van der Waals surface area contributed by atoms with Gasteiger partial charge in [-0.1, -0.05) is 41.6 Å². The molecule has 0 unspecified atom stereocenters. The quantitative estimate of drug-likeness (QED) is 0.350. The van der Waals surface area contributed by atoms with Crippen LogP contribution < -0.4 is 10.2 Å². The summed E-state index contributed by atoms with van der Waals surface area (Å²) in [7, 11) is 1.63. The van der Waals surface area contributed by atoms with Gasteiger partial charge in [-0.15, -0.1) is 10.2 Å². The Morgan fingerprint density at radius 3 is 2.55 bits per heavy atom. The summed E-state index contributed by atoms with van der Waals surface area (Å²) in [6.07, 6.45) is 1.62. The first-order valence-electron chi connectivity index (χ1n) is 9.19. The molecule has 0 aliphatic rings. The Kier molecular flexibility index (Phi) is 7.02. The first-order chi connectivity index (χ1) is 14.1. The largest absolute Gasteiger partial charge is 0.497 e. The van der Waals surface area contributed by atoms with Crippen molar-refractivity contribution in [3.8, 4) is 17.1 Å². The number of aryl methyl sites for hydroxylation is 1. The lowest BCUT2D eigenvalue weighted by atomic mass is 10.2. The molecule has 0 radical (unpaired) electrons. The van der Waals surface area contributed by atoms with Crippen molar-refractivity contribution in [2.45, 2.75) is 25.5 Å². The lowest BCUT2D eigenvalue weighted by Crippen LogP contribution is -2.20. The SMILES string of the molecule is CCn1c(SCC(=O)N/N=C\c2ccc(C)cc2)nnc1-c1ccc(OC)cc1. The van der Waals surface area contributed by atoms with Crippen molar-refractivity contribution in [3.63, 3.8) is 0 Å². The van der Waals surface area contributed by atoms with E-state index in [0.717, 1.165) is 22.7 Å². The van der Waals surface area contributed by atoms with Crippen LogP contribution in [0.1, 0.15) is 18.1 Å². The topological polar surface area (TPSA) is 81.4 Å². The van der Waals surface area contributed by atoms with Crippen LogP contribution >= 0.6 is 11.8 Å². The Morgan fingerprint density at radius 1 is 1.17 bits per heavy atom. The van der Waals surface area contributed by atoms with Gasteiger partial charge in [-0.2, -0.15) is 5.10 Å². The van der Waals surface area contributed by atoms with Gasteiger partial charge in [0.25, 0.3) is 5.91 Å². The maximum absolute atomic E-state index is 12.1. The van der Waals surface area contributed by atoms with Gasteiger partial charge in [0.1, 0.15) is 5.75 Å². The van der Waals surface area contributed by atoms with E-state index in [4.69, 9.17) is 4.74 Å². The Hall–Kier alpha value is -3.13. The van der Waals surface area contributed by atoms with Gasteiger partial charge in [0.2, 0.25) is 0 Å². The molecule has 29 heavy (non-hydrogen) atoms. The van der Waals surface area contributed by atoms with Crippen LogP contribution in [0.3, 0.4) is 0 Å². The second kappa shape index (κ2) is 9.88. The summed E-state index contributed by atoms with van der Waals surface area (Å²) in [6, 6.07) is 15.5. The monoisotopic (exact) mass is 409 g/mol. The van der Waals surface area contributed by atoms with Crippen LogP contribution in [0.2, 0.25) is 0 Å². The number of rotatable bonds is 8. The Labute approximate surface area is 174 Å². The fraction of sp³-hybridized carbons (Fsp3) is 0.238. The molecule has 150 valence electrons. The van der Waals surface area contributed by atoms with E-state index >= 15 is 0 Å². The molecule has 3 aromatic rings. The first-order valence-corrected chi connectivity index (χ1v) is 10.2. The molecule has 0 aliphatic carbocycles. The fourth-order valence-electron chi connectivity index (χ4n) is 2.63. The summed E-state index contributed by atoms with van der Waals surface area (Å²) >= 11 is 1.33. The van der Waals surface area contributed by atoms with Crippen LogP contribution in [0.25, 0.3) is 11.4 Å². The Morgan fingerprint density at radius 2 is 1.90 bits per heavy atom. The molecule has 1 heterocycles. The number of nitrogens with zero attached hydrogens (tertiary/aromatic N) is 4. The van der Waals surface area contributed by atoms with Crippen LogP contribution in [0.15, 0.2) is 58.8 Å². The van der Waals surface area contributed by atoms with Gasteiger partial charge in [-0.05, 0) is 43.7 Å². The van der Waals surface area contributed by atoms with Crippen molar-refractivity contribution < 1.29 is 9.53 Å². The molecule has 1 amide bonds. The molecule has 0 aliphatic heterocycles. The minimum Gasteiger partial charge on any atom is -0.497 e. The summed E-state index contributed by atoms with van der Waals surface area (Å²) in [6.45, 7) is 4.74. The van der Waals surface area contributed by atoms with Crippen molar-refractivity contribution >= 4 is 23.9 Å². The number of hydrazone groups is 1. The lowest BCUT2D eigenvalue weighted by Gasteiger charge is -2.07. The molecule has 2 aromatic carbocycles. The predicted octanol–water partition coefficient (Wildman–Crippen LogP) is 3.52. The number of amides is 1. The lowest BCUT2D eigenvalue weighted by molar-refractivity contribution is -0.118. The number of aromatic nitrogens is 3. The molecule has 0 spiro atoms. The number of hydrogen-bond donors (Lipinski definition) is 1. The molecular weight excluding hydrogens is 386 g/mol. The van der Waals surface area contributed by atoms with Crippen molar-refractivity contribution in [1.29, 1.82) is 0 Å². The van der Waals surface area contributed by atoms with Crippen LogP contribution in [0.5, 0.6) is 5.75 Å². The average molecular weight is 410 g/mol. The normalized spacial score (nSPS) is 11.0. The van der Waals surface area contributed by atoms with E-state index in [-0.39, 0.29) is 11.7 Å². The van der Waals surface area contributed by atoms with Gasteiger partial charge >= 0.3 is 0 Å². The second-order valence-electron chi connectivity index (χ2n) is 6.27. The smallest absolute Gasteiger partial charge is 0.250 e. The standard InChI is InChI=1S/C21H23N5O2S/c1-4-26-20(17-9-11-18(28-3)12-10-17)24-25-21(26)29-14-19(27)23-22-13-16-7-5-15(2)6-8-16/h5-13H,4,14H2,1-3H3,(H,23,27)/b22-13-. The number of nitrogens with one attached hydrogen (secondary N) is 1. The second-order valence-corrected chi connectivity index (χ2v) is 7.21. The molecule has 7 nitrogen and oxygen atoms in total. The molecule has 0 saturated heterocycles. The van der Waals surface area contributed by atoms with E-state index in [9.17, 15) is 4.79 Å². The highest BCUT2D eigenvalue weighted by molar-refractivity contribution is 7.99. The van der Waals surface area contributed by atoms with Crippen molar-refractivity contribution in [2.24, 2.45) is 5.10 Å². The first kappa shape index (κ1) is 20.6. The number of carbonyl (C=O) groups is 1. The molecule has 0 saturated carbocycles. The van der Waals surface area contributed by atoms with E-state index in [0.29, 0.717) is 11.7 Å². The van der Waals surface area contributed by atoms with E-state index in [1.807, 2.05) is 66.9 Å². The van der Waals surface area contributed by atoms with E-state index in [2.05, 4.69) is 20.7 Å². The summed E-state index contributed by atoms with van der Waals surface area (Å²) in [4.78, 5) is 12.1. The number of ether oxygens (including phenoxy) is 1. The fourth-order valence-corrected chi connectivity index (χ4v) is 3.42. The van der Waals surface area contributed by atoms with E-state index in [1.165, 1.54) is 17.3 Å². The molecular formula is C21H23N5O2S. The minimum absolute atomic E-state index is 0.199. The van der Waals surface area contributed by atoms with Crippen molar-refractivity contribution in [2.75, 3.05) is 12.9 Å². The maximum atomic E-state index is 12.1. The van der Waals surface area contributed by atoms with Crippen LogP contribution in [0, 0.1) is 6.92 Å². The molecule has 3 rings (SSSR count). The minimum atomic E-state index is -0.199. The third-order valence-electron chi connectivity index (χ3n) is 4.19.